The van der Waals surface area contributed by atoms with Gasteiger partial charge in [-0.05, 0) is 29.3 Å². The van der Waals surface area contributed by atoms with Crippen molar-refractivity contribution >= 4 is 28.8 Å². The summed E-state index contributed by atoms with van der Waals surface area (Å²) in [6.45, 7) is 2.13. The Morgan fingerprint density at radius 1 is 1.25 bits per heavy atom. The van der Waals surface area contributed by atoms with Crippen LogP contribution in [-0.2, 0) is 0 Å². The van der Waals surface area contributed by atoms with Gasteiger partial charge in [-0.25, -0.2) is 0 Å². The SMILES string of the molecule is CCCSc1nnc2c(n1)O[C@@H](c1ccsc1)Nc1ccccc1-2. The number of fused-ring (bicyclic) bond motifs is 3. The van der Waals surface area contributed by atoms with Gasteiger partial charge < -0.3 is 10.1 Å². The number of hydrogen-bond donors (Lipinski definition) is 1. The van der Waals surface area contributed by atoms with E-state index >= 15 is 0 Å². The minimum Gasteiger partial charge on any atom is -0.448 e. The second kappa shape index (κ2) is 6.78. The molecule has 2 aromatic heterocycles. The van der Waals surface area contributed by atoms with E-state index < -0.39 is 0 Å². The van der Waals surface area contributed by atoms with Crippen LogP contribution in [0.2, 0.25) is 0 Å². The third-order valence-electron chi connectivity index (χ3n) is 3.61. The first-order chi connectivity index (χ1) is 11.8. The molecule has 3 heterocycles. The van der Waals surface area contributed by atoms with Crippen molar-refractivity contribution in [3.05, 3.63) is 46.7 Å². The highest BCUT2D eigenvalue weighted by Gasteiger charge is 2.26. The van der Waals surface area contributed by atoms with E-state index in [1.807, 2.05) is 29.6 Å². The molecule has 7 heteroatoms. The van der Waals surface area contributed by atoms with Crippen LogP contribution < -0.4 is 10.1 Å². The summed E-state index contributed by atoms with van der Waals surface area (Å²) < 4.78 is 6.17. The van der Waals surface area contributed by atoms with Crippen LogP contribution in [0.3, 0.4) is 0 Å². The molecule has 0 bridgehead atoms. The number of aromatic nitrogens is 3. The van der Waals surface area contributed by atoms with Crippen molar-refractivity contribution in [1.82, 2.24) is 15.2 Å². The van der Waals surface area contributed by atoms with Crippen molar-refractivity contribution in [2.75, 3.05) is 11.1 Å². The molecule has 1 aromatic carbocycles. The van der Waals surface area contributed by atoms with E-state index in [0.29, 0.717) is 16.7 Å². The number of thiophene rings is 1. The smallest absolute Gasteiger partial charge is 0.247 e. The highest BCUT2D eigenvalue weighted by Crippen LogP contribution is 2.39. The van der Waals surface area contributed by atoms with Gasteiger partial charge in [0.1, 0.15) is 0 Å². The fraction of sp³-hybridized carbons (Fsp3) is 0.235. The first-order valence-electron chi connectivity index (χ1n) is 7.77. The molecule has 122 valence electrons. The number of para-hydroxylation sites is 1. The van der Waals surface area contributed by atoms with Gasteiger partial charge >= 0.3 is 0 Å². The molecular formula is C17H16N4OS2. The van der Waals surface area contributed by atoms with E-state index in [9.17, 15) is 0 Å². The second-order valence-electron chi connectivity index (χ2n) is 5.34. The Bertz CT molecular complexity index is 838. The van der Waals surface area contributed by atoms with E-state index in [1.165, 1.54) is 0 Å². The lowest BCUT2D eigenvalue weighted by atomic mass is 10.1. The minimum atomic E-state index is -0.292. The maximum atomic E-state index is 6.17. The molecule has 1 N–H and O–H groups in total. The zero-order chi connectivity index (χ0) is 16.4. The lowest BCUT2D eigenvalue weighted by Gasteiger charge is -2.17. The summed E-state index contributed by atoms with van der Waals surface area (Å²) in [4.78, 5) is 4.60. The molecular weight excluding hydrogens is 340 g/mol. The van der Waals surface area contributed by atoms with Gasteiger partial charge in [-0.1, -0.05) is 36.9 Å². The standard InChI is InChI=1S/C17H16N4OS2/c1-2-8-24-17-19-16-14(20-21-17)12-5-3-4-6-13(12)18-15(22-16)11-7-9-23-10-11/h3-7,9-10,15,18H,2,8H2,1H3/t15-/m0/s1. The topological polar surface area (TPSA) is 59.9 Å². The molecule has 5 nitrogen and oxygen atoms in total. The molecule has 0 unspecified atom stereocenters. The number of thioether (sulfide) groups is 1. The van der Waals surface area contributed by atoms with Gasteiger partial charge in [-0.3, -0.25) is 0 Å². The normalized spacial score (nSPS) is 15.6. The summed E-state index contributed by atoms with van der Waals surface area (Å²) in [5.41, 5.74) is 3.68. The van der Waals surface area contributed by atoms with Crippen molar-refractivity contribution in [1.29, 1.82) is 0 Å². The number of ether oxygens (including phenoxy) is 1. The highest BCUT2D eigenvalue weighted by atomic mass is 32.2. The molecule has 1 atom stereocenters. The van der Waals surface area contributed by atoms with Crippen molar-refractivity contribution in [3.63, 3.8) is 0 Å². The molecule has 0 spiro atoms. The van der Waals surface area contributed by atoms with Gasteiger partial charge in [0.25, 0.3) is 0 Å². The lowest BCUT2D eigenvalue weighted by molar-refractivity contribution is 0.225. The fourth-order valence-electron chi connectivity index (χ4n) is 2.48. The number of rotatable bonds is 4. The summed E-state index contributed by atoms with van der Waals surface area (Å²) in [6.07, 6.45) is 0.771. The van der Waals surface area contributed by atoms with Gasteiger partial charge in [0.2, 0.25) is 11.0 Å². The zero-order valence-corrected chi connectivity index (χ0v) is 14.7. The van der Waals surface area contributed by atoms with E-state index in [4.69, 9.17) is 4.74 Å². The maximum absolute atomic E-state index is 6.17. The monoisotopic (exact) mass is 356 g/mol. The van der Waals surface area contributed by atoms with Crippen molar-refractivity contribution in [2.24, 2.45) is 0 Å². The van der Waals surface area contributed by atoms with Crippen molar-refractivity contribution in [3.8, 4) is 17.1 Å². The van der Waals surface area contributed by atoms with Crippen molar-refractivity contribution in [2.45, 2.75) is 24.7 Å². The summed E-state index contributed by atoms with van der Waals surface area (Å²) in [5, 5.41) is 16.9. The predicted octanol–water partition coefficient (Wildman–Crippen LogP) is 4.61. The molecule has 4 rings (SSSR count). The Kier molecular flexibility index (Phi) is 4.36. The Labute approximate surface area is 148 Å². The zero-order valence-electron chi connectivity index (χ0n) is 13.1. The number of hydrogen-bond acceptors (Lipinski definition) is 7. The third kappa shape index (κ3) is 2.97. The Hall–Kier alpha value is -2.12. The van der Waals surface area contributed by atoms with Crippen molar-refractivity contribution < 1.29 is 4.74 Å². The van der Waals surface area contributed by atoms with Crippen LogP contribution in [0, 0.1) is 0 Å². The summed E-state index contributed by atoms with van der Waals surface area (Å²) in [5.74, 6) is 1.49. The van der Waals surface area contributed by atoms with Gasteiger partial charge in [0, 0.05) is 22.6 Å². The second-order valence-corrected chi connectivity index (χ2v) is 7.18. The van der Waals surface area contributed by atoms with Crippen LogP contribution in [0.25, 0.3) is 11.3 Å². The summed E-state index contributed by atoms with van der Waals surface area (Å²) >= 11 is 3.24. The quantitative estimate of drug-likeness (QED) is 0.689. The van der Waals surface area contributed by atoms with Crippen LogP contribution in [0.4, 0.5) is 5.69 Å². The molecule has 1 aliphatic rings. The first-order valence-corrected chi connectivity index (χ1v) is 9.70. The Morgan fingerprint density at radius 3 is 3.00 bits per heavy atom. The molecule has 0 radical (unpaired) electrons. The number of nitrogens with zero attached hydrogens (tertiary/aromatic N) is 3. The molecule has 0 saturated heterocycles. The van der Waals surface area contributed by atoms with E-state index in [1.54, 1.807) is 23.1 Å². The average molecular weight is 356 g/mol. The number of benzene rings is 1. The lowest BCUT2D eigenvalue weighted by Crippen LogP contribution is -2.16. The molecule has 3 aromatic rings. The molecule has 0 saturated carbocycles. The molecule has 0 amide bonds. The van der Waals surface area contributed by atoms with Gasteiger partial charge in [0.15, 0.2) is 11.9 Å². The predicted molar refractivity (Wildman–Crippen MR) is 97.6 cm³/mol. The van der Waals surface area contributed by atoms with E-state index in [-0.39, 0.29) is 6.23 Å². The largest absolute Gasteiger partial charge is 0.448 e. The van der Waals surface area contributed by atoms with Crippen LogP contribution in [0.5, 0.6) is 5.88 Å². The molecule has 24 heavy (non-hydrogen) atoms. The van der Waals surface area contributed by atoms with Gasteiger partial charge in [0.05, 0.1) is 0 Å². The fourth-order valence-corrected chi connectivity index (χ4v) is 3.78. The van der Waals surface area contributed by atoms with Gasteiger partial charge in [-0.2, -0.15) is 16.3 Å². The minimum absolute atomic E-state index is 0.292. The number of nitrogens with one attached hydrogen (secondary N) is 1. The Balaban J connectivity index is 1.79. The van der Waals surface area contributed by atoms with Crippen LogP contribution in [0.15, 0.2) is 46.2 Å². The Morgan fingerprint density at radius 2 is 2.17 bits per heavy atom. The molecule has 0 fully saturated rings. The third-order valence-corrected chi connectivity index (χ3v) is 5.36. The van der Waals surface area contributed by atoms with Crippen LogP contribution >= 0.6 is 23.1 Å². The van der Waals surface area contributed by atoms with Crippen LogP contribution in [0.1, 0.15) is 25.1 Å². The van der Waals surface area contributed by atoms with E-state index in [0.717, 1.165) is 29.0 Å². The first kappa shape index (κ1) is 15.4. The molecule has 0 aliphatic carbocycles. The van der Waals surface area contributed by atoms with Crippen LogP contribution in [-0.4, -0.2) is 20.9 Å². The highest BCUT2D eigenvalue weighted by molar-refractivity contribution is 7.99. The number of anilines is 1. The molecule has 1 aliphatic heterocycles. The van der Waals surface area contributed by atoms with E-state index in [2.05, 4.69) is 38.9 Å². The maximum Gasteiger partial charge on any atom is 0.247 e. The van der Waals surface area contributed by atoms with Gasteiger partial charge in [-0.15, -0.1) is 10.2 Å². The summed E-state index contributed by atoms with van der Waals surface area (Å²) in [6, 6.07) is 10.1. The summed E-state index contributed by atoms with van der Waals surface area (Å²) in [7, 11) is 0. The average Bonchev–Trinajstić information content (AvgIpc) is 3.09.